The summed E-state index contributed by atoms with van der Waals surface area (Å²) >= 11 is 0. The van der Waals surface area contributed by atoms with Gasteiger partial charge in [0.15, 0.2) is 0 Å². The largest absolute Gasteiger partial charge is 0.465 e. The third-order valence-electron chi connectivity index (χ3n) is 3.97. The second-order valence-corrected chi connectivity index (χ2v) is 7.11. The zero-order chi connectivity index (χ0) is 16.4. The molecule has 0 bridgehead atoms. The molecule has 1 atom stereocenters. The van der Waals surface area contributed by atoms with E-state index in [2.05, 4.69) is 9.13 Å². The zero-order valence-electron chi connectivity index (χ0n) is 12.8. The molecule has 0 saturated carbocycles. The van der Waals surface area contributed by atoms with Gasteiger partial charge in [0, 0.05) is 6.61 Å². The van der Waals surface area contributed by atoms with E-state index in [1.807, 2.05) is 0 Å². The van der Waals surface area contributed by atoms with E-state index in [1.54, 1.807) is 17.0 Å². The number of hydrogen-bond donors (Lipinski definition) is 0. The first-order chi connectivity index (χ1) is 11.0. The van der Waals surface area contributed by atoms with Gasteiger partial charge in [0.25, 0.3) is 10.0 Å². The fraction of sp³-hybridized carbons (Fsp3) is 0.467. The number of anilines is 1. The van der Waals surface area contributed by atoms with E-state index in [1.165, 1.54) is 19.5 Å². The van der Waals surface area contributed by atoms with Gasteiger partial charge in [-0.3, -0.25) is 0 Å². The van der Waals surface area contributed by atoms with Crippen molar-refractivity contribution in [3.05, 3.63) is 23.8 Å². The number of rotatable bonds is 3. The molecule has 2 aliphatic rings. The van der Waals surface area contributed by atoms with Crippen LogP contribution in [-0.4, -0.2) is 47.1 Å². The van der Waals surface area contributed by atoms with E-state index in [9.17, 15) is 13.2 Å². The van der Waals surface area contributed by atoms with Crippen LogP contribution in [0.25, 0.3) is 0 Å². The Balaban J connectivity index is 1.93. The summed E-state index contributed by atoms with van der Waals surface area (Å²) in [5, 5.41) is 0. The number of benzene rings is 1. The third-order valence-corrected chi connectivity index (χ3v) is 5.22. The predicted octanol–water partition coefficient (Wildman–Crippen LogP) is 1.58. The predicted molar refractivity (Wildman–Crippen MR) is 84.4 cm³/mol. The van der Waals surface area contributed by atoms with E-state index in [0.717, 1.165) is 25.9 Å². The number of ether oxygens (including phenoxy) is 2. The van der Waals surface area contributed by atoms with Crippen LogP contribution in [-0.2, 0) is 19.5 Å². The smallest absolute Gasteiger partial charge is 0.337 e. The van der Waals surface area contributed by atoms with Crippen LogP contribution in [0.3, 0.4) is 0 Å². The SMILES string of the molecule is COC(=O)c1ccc2c(c1)S(=O)(=O)N=CN2CC1CCCCO1. The fourth-order valence-corrected chi connectivity index (χ4v) is 3.83. The molecule has 2 aliphatic heterocycles. The number of fused-ring (bicyclic) bond motifs is 1. The molecule has 3 rings (SSSR count). The average molecular weight is 338 g/mol. The lowest BCUT2D eigenvalue weighted by Gasteiger charge is -2.31. The van der Waals surface area contributed by atoms with Crippen molar-refractivity contribution in [1.29, 1.82) is 0 Å². The highest BCUT2D eigenvalue weighted by atomic mass is 32.2. The van der Waals surface area contributed by atoms with Gasteiger partial charge in [0.05, 0.1) is 31.0 Å². The van der Waals surface area contributed by atoms with Gasteiger partial charge in [-0.25, -0.2) is 4.79 Å². The van der Waals surface area contributed by atoms with Crippen LogP contribution in [0.5, 0.6) is 0 Å². The number of hydrogen-bond acceptors (Lipinski definition) is 6. The number of nitrogens with zero attached hydrogens (tertiary/aromatic N) is 2. The van der Waals surface area contributed by atoms with Crippen LogP contribution in [0.15, 0.2) is 27.5 Å². The summed E-state index contributed by atoms with van der Waals surface area (Å²) in [5.41, 5.74) is 0.683. The minimum atomic E-state index is -3.80. The van der Waals surface area contributed by atoms with Gasteiger partial charge < -0.3 is 14.4 Å². The number of methoxy groups -OCH3 is 1. The molecule has 2 heterocycles. The van der Waals surface area contributed by atoms with Crippen molar-refractivity contribution in [2.45, 2.75) is 30.3 Å². The molecular weight excluding hydrogens is 320 g/mol. The van der Waals surface area contributed by atoms with Gasteiger partial charge in [0.2, 0.25) is 0 Å². The van der Waals surface area contributed by atoms with Crippen LogP contribution in [0.2, 0.25) is 0 Å². The average Bonchev–Trinajstić information content (AvgIpc) is 2.57. The Kier molecular flexibility index (Phi) is 4.36. The maximum atomic E-state index is 12.2. The molecule has 1 saturated heterocycles. The molecule has 0 N–H and O–H groups in total. The van der Waals surface area contributed by atoms with E-state index >= 15 is 0 Å². The summed E-state index contributed by atoms with van der Waals surface area (Å²) in [6.07, 6.45) is 4.45. The van der Waals surface area contributed by atoms with E-state index in [0.29, 0.717) is 12.2 Å². The highest BCUT2D eigenvalue weighted by Gasteiger charge is 2.28. The second-order valence-electron chi connectivity index (χ2n) is 5.51. The van der Waals surface area contributed by atoms with Crippen molar-refractivity contribution in [2.75, 3.05) is 25.2 Å². The molecule has 1 fully saturated rings. The molecular formula is C15H18N2O5S. The molecule has 124 valence electrons. The summed E-state index contributed by atoms with van der Waals surface area (Å²) in [6.45, 7) is 1.26. The Hall–Kier alpha value is -1.93. The van der Waals surface area contributed by atoms with E-state index < -0.39 is 16.0 Å². The number of sulfonamides is 1. The van der Waals surface area contributed by atoms with Gasteiger partial charge in [0.1, 0.15) is 11.2 Å². The normalized spacial score (nSPS) is 22.5. The van der Waals surface area contributed by atoms with Crippen LogP contribution in [0.1, 0.15) is 29.6 Å². The van der Waals surface area contributed by atoms with Crippen molar-refractivity contribution >= 4 is 28.0 Å². The molecule has 0 aromatic heterocycles. The maximum Gasteiger partial charge on any atom is 0.337 e. The summed E-state index contributed by atoms with van der Waals surface area (Å²) in [5.74, 6) is -0.584. The summed E-state index contributed by atoms with van der Waals surface area (Å²) < 4.78 is 38.3. The fourth-order valence-electron chi connectivity index (χ4n) is 2.76. The molecule has 0 amide bonds. The first kappa shape index (κ1) is 15.9. The van der Waals surface area contributed by atoms with E-state index in [-0.39, 0.29) is 16.6 Å². The van der Waals surface area contributed by atoms with Crippen molar-refractivity contribution in [2.24, 2.45) is 4.40 Å². The Bertz CT molecular complexity index is 738. The number of carbonyl (C=O) groups is 1. The first-order valence-electron chi connectivity index (χ1n) is 7.42. The summed E-state index contributed by atoms with van der Waals surface area (Å²) in [7, 11) is -2.55. The molecule has 8 heteroatoms. The highest BCUT2D eigenvalue weighted by molar-refractivity contribution is 7.90. The standard InChI is InChI=1S/C15H18N2O5S/c1-21-15(18)11-5-6-13-14(8-11)23(19,20)16-10-17(13)9-12-4-2-3-7-22-12/h5-6,8,10,12H,2-4,7,9H2,1H3. The molecule has 23 heavy (non-hydrogen) atoms. The number of carbonyl (C=O) groups excluding carboxylic acids is 1. The molecule has 1 unspecified atom stereocenters. The van der Waals surface area contributed by atoms with Gasteiger partial charge in [-0.1, -0.05) is 0 Å². The van der Waals surface area contributed by atoms with Gasteiger partial charge in [-0.05, 0) is 37.5 Å². The molecule has 0 spiro atoms. The lowest BCUT2D eigenvalue weighted by molar-refractivity contribution is 0.0226. The Morgan fingerprint density at radius 3 is 2.96 bits per heavy atom. The molecule has 7 nitrogen and oxygen atoms in total. The Morgan fingerprint density at radius 1 is 1.43 bits per heavy atom. The lowest BCUT2D eigenvalue weighted by atomic mass is 10.1. The van der Waals surface area contributed by atoms with Crippen LogP contribution in [0.4, 0.5) is 5.69 Å². The topological polar surface area (TPSA) is 85.3 Å². The highest BCUT2D eigenvalue weighted by Crippen LogP contribution is 2.31. The van der Waals surface area contributed by atoms with Crippen molar-refractivity contribution in [3.8, 4) is 0 Å². The van der Waals surface area contributed by atoms with Crippen molar-refractivity contribution in [1.82, 2.24) is 0 Å². The monoisotopic (exact) mass is 338 g/mol. The maximum absolute atomic E-state index is 12.2. The molecule has 0 aliphatic carbocycles. The van der Waals surface area contributed by atoms with Crippen LogP contribution in [0, 0.1) is 0 Å². The third kappa shape index (κ3) is 3.23. The molecule has 0 radical (unpaired) electrons. The van der Waals surface area contributed by atoms with E-state index in [4.69, 9.17) is 4.74 Å². The zero-order valence-corrected chi connectivity index (χ0v) is 13.6. The quantitative estimate of drug-likeness (QED) is 0.778. The van der Waals surface area contributed by atoms with Crippen molar-refractivity contribution in [3.63, 3.8) is 0 Å². The summed E-state index contributed by atoms with van der Waals surface area (Å²) in [6, 6.07) is 4.46. The van der Waals surface area contributed by atoms with Gasteiger partial charge in [-0.2, -0.15) is 8.42 Å². The molecule has 1 aromatic carbocycles. The number of esters is 1. The van der Waals surface area contributed by atoms with Crippen molar-refractivity contribution < 1.29 is 22.7 Å². The summed E-state index contributed by atoms with van der Waals surface area (Å²) in [4.78, 5) is 13.4. The van der Waals surface area contributed by atoms with Crippen LogP contribution < -0.4 is 4.90 Å². The molecule has 1 aromatic rings. The Labute approximate surface area is 135 Å². The lowest BCUT2D eigenvalue weighted by Crippen LogP contribution is -2.37. The van der Waals surface area contributed by atoms with Gasteiger partial charge >= 0.3 is 5.97 Å². The second kappa shape index (κ2) is 6.29. The van der Waals surface area contributed by atoms with Crippen LogP contribution >= 0.6 is 0 Å². The Morgan fingerprint density at radius 2 is 2.26 bits per heavy atom. The first-order valence-corrected chi connectivity index (χ1v) is 8.86. The minimum Gasteiger partial charge on any atom is -0.465 e. The van der Waals surface area contributed by atoms with Gasteiger partial charge in [-0.15, -0.1) is 4.40 Å². The minimum absolute atomic E-state index is 0.0127.